The molecule has 80 valence electrons. The van der Waals surface area contributed by atoms with E-state index in [1.54, 1.807) is 12.4 Å². The summed E-state index contributed by atoms with van der Waals surface area (Å²) in [6.45, 7) is 3.59. The number of rotatable bonds is 6. The Morgan fingerprint density at radius 1 is 1.50 bits per heavy atom. The van der Waals surface area contributed by atoms with Crippen molar-refractivity contribution in [2.75, 3.05) is 6.54 Å². The Labute approximate surface area is 82.9 Å². The fourth-order valence-electron chi connectivity index (χ4n) is 1.28. The Bertz CT molecular complexity index is 258. The van der Waals surface area contributed by atoms with Gasteiger partial charge in [-0.25, -0.2) is 8.78 Å². The first-order valence-electron chi connectivity index (χ1n) is 4.86. The molecular formula is C10H16F2N2. The monoisotopic (exact) mass is 202 g/mol. The van der Waals surface area contributed by atoms with Gasteiger partial charge in [0.15, 0.2) is 0 Å². The van der Waals surface area contributed by atoms with Gasteiger partial charge in [0.05, 0.1) is 6.54 Å². The Balaban J connectivity index is 2.35. The maximum atomic E-state index is 12.0. The van der Waals surface area contributed by atoms with Crippen molar-refractivity contribution in [3.8, 4) is 0 Å². The van der Waals surface area contributed by atoms with Crippen LogP contribution in [0.1, 0.15) is 18.9 Å². The summed E-state index contributed by atoms with van der Waals surface area (Å²) in [5.74, 6) is 0. The summed E-state index contributed by atoms with van der Waals surface area (Å²) in [5, 5.41) is 3.22. The zero-order valence-electron chi connectivity index (χ0n) is 8.34. The summed E-state index contributed by atoms with van der Waals surface area (Å²) in [4.78, 5) is 0. The molecule has 0 spiro atoms. The summed E-state index contributed by atoms with van der Waals surface area (Å²) in [7, 11) is 0. The first kappa shape index (κ1) is 11.2. The van der Waals surface area contributed by atoms with Crippen LogP contribution >= 0.6 is 0 Å². The molecule has 0 aromatic carbocycles. The molecule has 0 aliphatic carbocycles. The molecule has 0 fully saturated rings. The van der Waals surface area contributed by atoms with Gasteiger partial charge in [-0.05, 0) is 24.6 Å². The molecule has 0 aliphatic heterocycles. The van der Waals surface area contributed by atoms with E-state index in [0.717, 1.165) is 25.1 Å². The third-order valence-corrected chi connectivity index (χ3v) is 1.92. The third kappa shape index (κ3) is 3.87. The standard InChI is InChI=1S/C10H16F2N2/c1-2-4-13-6-9-3-5-14(7-9)8-10(11)12/h3,5,7,10,13H,2,4,6,8H2,1H3. The SMILES string of the molecule is CCCNCc1ccn(CC(F)F)c1. The average molecular weight is 202 g/mol. The highest BCUT2D eigenvalue weighted by atomic mass is 19.3. The Morgan fingerprint density at radius 2 is 2.29 bits per heavy atom. The minimum atomic E-state index is -2.28. The van der Waals surface area contributed by atoms with Gasteiger partial charge in [0.2, 0.25) is 0 Å². The normalized spacial score (nSPS) is 11.1. The molecule has 1 aromatic heterocycles. The maximum absolute atomic E-state index is 12.0. The summed E-state index contributed by atoms with van der Waals surface area (Å²) in [5.41, 5.74) is 1.05. The second-order valence-corrected chi connectivity index (χ2v) is 3.28. The van der Waals surface area contributed by atoms with E-state index in [0.29, 0.717) is 0 Å². The van der Waals surface area contributed by atoms with Gasteiger partial charge >= 0.3 is 0 Å². The minimum absolute atomic E-state index is 0.215. The van der Waals surface area contributed by atoms with Crippen LogP contribution in [0.3, 0.4) is 0 Å². The Kier molecular flexibility index (Phi) is 4.59. The quantitative estimate of drug-likeness (QED) is 0.700. The van der Waals surface area contributed by atoms with Crippen LogP contribution in [0.4, 0.5) is 8.78 Å². The summed E-state index contributed by atoms with van der Waals surface area (Å²) in [6.07, 6.45) is 2.25. The van der Waals surface area contributed by atoms with Gasteiger partial charge in [-0.3, -0.25) is 0 Å². The first-order chi connectivity index (χ1) is 6.72. The molecule has 2 nitrogen and oxygen atoms in total. The van der Waals surface area contributed by atoms with E-state index >= 15 is 0 Å². The van der Waals surface area contributed by atoms with Crippen molar-refractivity contribution in [1.82, 2.24) is 9.88 Å². The zero-order chi connectivity index (χ0) is 10.4. The predicted molar refractivity (Wildman–Crippen MR) is 52.4 cm³/mol. The lowest BCUT2D eigenvalue weighted by Gasteiger charge is -2.01. The van der Waals surface area contributed by atoms with Gasteiger partial charge < -0.3 is 9.88 Å². The topological polar surface area (TPSA) is 17.0 Å². The molecule has 0 saturated heterocycles. The Hall–Kier alpha value is -0.900. The van der Waals surface area contributed by atoms with Crippen molar-refractivity contribution in [1.29, 1.82) is 0 Å². The van der Waals surface area contributed by atoms with E-state index in [2.05, 4.69) is 12.2 Å². The molecule has 0 aliphatic rings. The van der Waals surface area contributed by atoms with E-state index in [4.69, 9.17) is 0 Å². The van der Waals surface area contributed by atoms with Gasteiger partial charge in [0, 0.05) is 18.9 Å². The fourth-order valence-corrected chi connectivity index (χ4v) is 1.28. The number of aromatic nitrogens is 1. The number of hydrogen-bond donors (Lipinski definition) is 1. The van der Waals surface area contributed by atoms with Crippen LogP contribution < -0.4 is 5.32 Å². The lowest BCUT2D eigenvalue weighted by Crippen LogP contribution is -2.13. The largest absolute Gasteiger partial charge is 0.348 e. The van der Waals surface area contributed by atoms with Crippen molar-refractivity contribution < 1.29 is 8.78 Å². The van der Waals surface area contributed by atoms with Crippen LogP contribution in [0.5, 0.6) is 0 Å². The van der Waals surface area contributed by atoms with Crippen LogP contribution in [-0.4, -0.2) is 17.5 Å². The van der Waals surface area contributed by atoms with E-state index in [1.807, 2.05) is 6.07 Å². The molecular weight excluding hydrogens is 186 g/mol. The summed E-state index contributed by atoms with van der Waals surface area (Å²) >= 11 is 0. The Morgan fingerprint density at radius 3 is 2.93 bits per heavy atom. The molecule has 14 heavy (non-hydrogen) atoms. The lowest BCUT2D eigenvalue weighted by atomic mass is 10.3. The minimum Gasteiger partial charge on any atom is -0.348 e. The highest BCUT2D eigenvalue weighted by molar-refractivity contribution is 5.09. The zero-order valence-corrected chi connectivity index (χ0v) is 8.34. The van der Waals surface area contributed by atoms with Gasteiger partial charge in [-0.15, -0.1) is 0 Å². The van der Waals surface area contributed by atoms with E-state index in [9.17, 15) is 8.78 Å². The fraction of sp³-hybridized carbons (Fsp3) is 0.600. The highest BCUT2D eigenvalue weighted by Crippen LogP contribution is 2.04. The molecule has 1 heterocycles. The van der Waals surface area contributed by atoms with Crippen molar-refractivity contribution >= 4 is 0 Å². The second-order valence-electron chi connectivity index (χ2n) is 3.28. The van der Waals surface area contributed by atoms with Gasteiger partial charge in [-0.2, -0.15) is 0 Å². The maximum Gasteiger partial charge on any atom is 0.256 e. The number of alkyl halides is 2. The smallest absolute Gasteiger partial charge is 0.256 e. The van der Waals surface area contributed by atoms with Crippen LogP contribution in [0.2, 0.25) is 0 Å². The molecule has 1 rings (SSSR count). The van der Waals surface area contributed by atoms with Gasteiger partial charge in [0.1, 0.15) is 0 Å². The first-order valence-corrected chi connectivity index (χ1v) is 4.86. The van der Waals surface area contributed by atoms with Crippen LogP contribution in [0.25, 0.3) is 0 Å². The van der Waals surface area contributed by atoms with Crippen molar-refractivity contribution in [3.63, 3.8) is 0 Å². The molecule has 1 N–H and O–H groups in total. The molecule has 4 heteroatoms. The van der Waals surface area contributed by atoms with Gasteiger partial charge in [-0.1, -0.05) is 6.92 Å². The van der Waals surface area contributed by atoms with Crippen LogP contribution in [-0.2, 0) is 13.1 Å². The molecule has 0 bridgehead atoms. The molecule has 0 radical (unpaired) electrons. The second kappa shape index (κ2) is 5.75. The molecule has 1 aromatic rings. The predicted octanol–water partition coefficient (Wildman–Crippen LogP) is 2.25. The van der Waals surface area contributed by atoms with Crippen molar-refractivity contribution in [2.45, 2.75) is 32.9 Å². The summed E-state index contributed by atoms with van der Waals surface area (Å²) in [6, 6.07) is 1.87. The van der Waals surface area contributed by atoms with E-state index < -0.39 is 6.43 Å². The molecule has 0 atom stereocenters. The lowest BCUT2D eigenvalue weighted by molar-refractivity contribution is 0.126. The van der Waals surface area contributed by atoms with Crippen molar-refractivity contribution in [3.05, 3.63) is 24.0 Å². The number of hydrogen-bond acceptors (Lipinski definition) is 1. The third-order valence-electron chi connectivity index (χ3n) is 1.92. The van der Waals surface area contributed by atoms with Crippen LogP contribution in [0, 0.1) is 0 Å². The molecule has 0 saturated carbocycles. The van der Waals surface area contributed by atoms with Gasteiger partial charge in [0.25, 0.3) is 6.43 Å². The van der Waals surface area contributed by atoms with E-state index in [1.165, 1.54) is 4.57 Å². The van der Waals surface area contributed by atoms with E-state index in [-0.39, 0.29) is 6.54 Å². The molecule has 0 amide bonds. The number of halogens is 2. The van der Waals surface area contributed by atoms with Crippen molar-refractivity contribution in [2.24, 2.45) is 0 Å². The average Bonchev–Trinajstić information content (AvgIpc) is 2.52. The highest BCUT2D eigenvalue weighted by Gasteiger charge is 2.03. The number of nitrogens with zero attached hydrogens (tertiary/aromatic N) is 1. The van der Waals surface area contributed by atoms with Crippen LogP contribution in [0.15, 0.2) is 18.5 Å². The summed E-state index contributed by atoms with van der Waals surface area (Å²) < 4.78 is 25.5. The number of nitrogens with one attached hydrogen (secondary N) is 1. The molecule has 0 unspecified atom stereocenters.